The maximum atomic E-state index is 10.8. The third-order valence-corrected chi connectivity index (χ3v) is 2.82. The van der Waals surface area contributed by atoms with Gasteiger partial charge in [0.2, 0.25) is 0 Å². The molecule has 1 aromatic rings. The van der Waals surface area contributed by atoms with E-state index < -0.39 is 5.97 Å². The average molecular weight is 222 g/mol. The zero-order chi connectivity index (χ0) is 11.5. The van der Waals surface area contributed by atoms with Crippen molar-refractivity contribution in [3.05, 3.63) is 34.9 Å². The molecule has 0 saturated carbocycles. The van der Waals surface area contributed by atoms with Crippen LogP contribution in [0.2, 0.25) is 0 Å². The van der Waals surface area contributed by atoms with E-state index in [4.69, 9.17) is 14.9 Å². The summed E-state index contributed by atoms with van der Waals surface area (Å²) in [6.07, 6.45) is 1.19. The quantitative estimate of drug-likeness (QED) is 0.810. The van der Waals surface area contributed by atoms with Crippen LogP contribution < -0.4 is 0 Å². The lowest BCUT2D eigenvalue weighted by Gasteiger charge is -2.25. The number of carboxylic acids is 1. The molecule has 0 radical (unpaired) electrons. The van der Waals surface area contributed by atoms with Gasteiger partial charge in [0.25, 0.3) is 0 Å². The largest absolute Gasteiger partial charge is 0.478 e. The highest BCUT2D eigenvalue weighted by Crippen LogP contribution is 2.30. The van der Waals surface area contributed by atoms with Crippen molar-refractivity contribution in [2.24, 2.45) is 0 Å². The Labute approximate surface area is 93.5 Å². The molecule has 1 aliphatic heterocycles. The fourth-order valence-electron chi connectivity index (χ4n) is 2.03. The molecule has 0 fully saturated rings. The van der Waals surface area contributed by atoms with Gasteiger partial charge in [-0.2, -0.15) is 0 Å². The zero-order valence-electron chi connectivity index (χ0n) is 8.85. The van der Waals surface area contributed by atoms with E-state index in [1.807, 2.05) is 0 Å². The van der Waals surface area contributed by atoms with Crippen molar-refractivity contribution in [1.82, 2.24) is 0 Å². The Hall–Kier alpha value is -1.39. The van der Waals surface area contributed by atoms with Crippen LogP contribution in [0.1, 0.15) is 34.0 Å². The monoisotopic (exact) mass is 222 g/mol. The Morgan fingerprint density at radius 3 is 3.00 bits per heavy atom. The van der Waals surface area contributed by atoms with Gasteiger partial charge in [0.05, 0.1) is 18.3 Å². The summed E-state index contributed by atoms with van der Waals surface area (Å²) in [5.74, 6) is -0.909. The first-order chi connectivity index (χ1) is 7.72. The van der Waals surface area contributed by atoms with Gasteiger partial charge >= 0.3 is 5.97 Å². The normalized spacial score (nSPS) is 19.2. The smallest absolute Gasteiger partial charge is 0.335 e. The number of benzene rings is 1. The highest BCUT2D eigenvalue weighted by molar-refractivity contribution is 5.87. The molecular formula is C12H14O4. The summed E-state index contributed by atoms with van der Waals surface area (Å²) in [5.41, 5.74) is 2.33. The summed E-state index contributed by atoms with van der Waals surface area (Å²) in [5, 5.41) is 17.8. The van der Waals surface area contributed by atoms with Crippen molar-refractivity contribution in [2.75, 3.05) is 13.2 Å². The van der Waals surface area contributed by atoms with Crippen molar-refractivity contribution in [1.29, 1.82) is 0 Å². The average Bonchev–Trinajstić information content (AvgIpc) is 2.29. The standard InChI is InChI=1S/C12H14O4/c13-5-3-11-10-2-1-9(12(14)15)7-8(10)4-6-16-11/h1-2,7,11,13H,3-6H2,(H,14,15)/t11-/m0/s1. The topological polar surface area (TPSA) is 66.8 Å². The van der Waals surface area contributed by atoms with Gasteiger partial charge in [0, 0.05) is 13.0 Å². The Balaban J connectivity index is 2.32. The van der Waals surface area contributed by atoms with Gasteiger partial charge in [-0.25, -0.2) is 4.79 Å². The summed E-state index contributed by atoms with van der Waals surface area (Å²) in [7, 11) is 0. The van der Waals surface area contributed by atoms with E-state index in [-0.39, 0.29) is 12.7 Å². The molecule has 0 bridgehead atoms. The number of carbonyl (C=O) groups is 1. The summed E-state index contributed by atoms with van der Waals surface area (Å²) in [6, 6.07) is 5.07. The van der Waals surface area contributed by atoms with E-state index in [1.54, 1.807) is 18.2 Å². The molecule has 86 valence electrons. The molecule has 2 rings (SSSR count). The van der Waals surface area contributed by atoms with Crippen molar-refractivity contribution < 1.29 is 19.7 Å². The van der Waals surface area contributed by atoms with E-state index in [0.29, 0.717) is 18.6 Å². The molecule has 1 atom stereocenters. The van der Waals surface area contributed by atoms with E-state index in [9.17, 15) is 4.79 Å². The first kappa shape index (κ1) is 11.1. The van der Waals surface area contributed by atoms with Crippen LogP contribution in [0.4, 0.5) is 0 Å². The Morgan fingerprint density at radius 1 is 1.50 bits per heavy atom. The van der Waals surface area contributed by atoms with Crippen molar-refractivity contribution in [3.8, 4) is 0 Å². The van der Waals surface area contributed by atoms with Gasteiger partial charge in [-0.15, -0.1) is 0 Å². The fourth-order valence-corrected chi connectivity index (χ4v) is 2.03. The van der Waals surface area contributed by atoms with E-state index >= 15 is 0 Å². The van der Waals surface area contributed by atoms with Gasteiger partial charge < -0.3 is 14.9 Å². The molecule has 0 saturated heterocycles. The third kappa shape index (κ3) is 2.08. The molecule has 0 spiro atoms. The lowest BCUT2D eigenvalue weighted by Crippen LogP contribution is -2.18. The Morgan fingerprint density at radius 2 is 2.31 bits per heavy atom. The van der Waals surface area contributed by atoms with E-state index in [0.717, 1.165) is 17.5 Å². The molecule has 1 aromatic carbocycles. The highest BCUT2D eigenvalue weighted by atomic mass is 16.5. The highest BCUT2D eigenvalue weighted by Gasteiger charge is 2.21. The maximum Gasteiger partial charge on any atom is 0.335 e. The molecule has 16 heavy (non-hydrogen) atoms. The van der Waals surface area contributed by atoms with Crippen LogP contribution >= 0.6 is 0 Å². The summed E-state index contributed by atoms with van der Waals surface area (Å²) in [6.45, 7) is 0.658. The fraction of sp³-hybridized carbons (Fsp3) is 0.417. The first-order valence-corrected chi connectivity index (χ1v) is 5.31. The molecule has 0 aromatic heterocycles. The second kappa shape index (κ2) is 4.63. The lowest BCUT2D eigenvalue weighted by molar-refractivity contribution is 0.0252. The number of aliphatic hydroxyl groups excluding tert-OH is 1. The summed E-state index contributed by atoms with van der Waals surface area (Å²) in [4.78, 5) is 10.8. The number of hydrogen-bond donors (Lipinski definition) is 2. The van der Waals surface area contributed by atoms with Gasteiger partial charge in [0.15, 0.2) is 0 Å². The Kier molecular flexibility index (Phi) is 3.22. The Bertz CT molecular complexity index is 400. The number of rotatable bonds is 3. The molecule has 4 nitrogen and oxygen atoms in total. The van der Waals surface area contributed by atoms with E-state index in [2.05, 4.69) is 0 Å². The molecule has 4 heteroatoms. The lowest BCUT2D eigenvalue weighted by atomic mass is 9.94. The minimum atomic E-state index is -0.909. The van der Waals surface area contributed by atoms with Gasteiger partial charge in [-0.3, -0.25) is 0 Å². The molecule has 0 amide bonds. The van der Waals surface area contributed by atoms with Crippen molar-refractivity contribution in [3.63, 3.8) is 0 Å². The minimum Gasteiger partial charge on any atom is -0.478 e. The van der Waals surface area contributed by atoms with Crippen molar-refractivity contribution in [2.45, 2.75) is 18.9 Å². The van der Waals surface area contributed by atoms with Crippen LogP contribution in [0.15, 0.2) is 18.2 Å². The minimum absolute atomic E-state index is 0.0742. The van der Waals surface area contributed by atoms with Crippen LogP contribution in [0.5, 0.6) is 0 Å². The van der Waals surface area contributed by atoms with Crippen LogP contribution in [-0.2, 0) is 11.2 Å². The number of fused-ring (bicyclic) bond motifs is 1. The molecule has 0 unspecified atom stereocenters. The van der Waals surface area contributed by atoms with Gasteiger partial charge in [-0.05, 0) is 29.7 Å². The van der Waals surface area contributed by atoms with E-state index in [1.165, 1.54) is 0 Å². The molecule has 0 aliphatic carbocycles. The maximum absolute atomic E-state index is 10.8. The molecular weight excluding hydrogens is 208 g/mol. The van der Waals surface area contributed by atoms with Gasteiger partial charge in [-0.1, -0.05) is 6.07 Å². The number of aromatic carboxylic acids is 1. The van der Waals surface area contributed by atoms with Crippen LogP contribution in [-0.4, -0.2) is 29.4 Å². The SMILES string of the molecule is O=C(O)c1ccc2c(c1)CCO[C@H]2CCO. The predicted molar refractivity (Wildman–Crippen MR) is 57.5 cm³/mol. The van der Waals surface area contributed by atoms with Crippen LogP contribution in [0.25, 0.3) is 0 Å². The molecule has 2 N–H and O–H groups in total. The number of carboxylic acid groups (broad SMARTS) is 1. The predicted octanol–water partition coefficient (Wildman–Crippen LogP) is 1.38. The number of ether oxygens (including phenoxy) is 1. The zero-order valence-corrected chi connectivity index (χ0v) is 8.85. The first-order valence-electron chi connectivity index (χ1n) is 5.31. The number of aliphatic hydroxyl groups is 1. The molecule has 1 aliphatic rings. The van der Waals surface area contributed by atoms with Crippen LogP contribution in [0.3, 0.4) is 0 Å². The van der Waals surface area contributed by atoms with Gasteiger partial charge in [0.1, 0.15) is 0 Å². The summed E-state index contributed by atoms with van der Waals surface area (Å²) < 4.78 is 5.54. The van der Waals surface area contributed by atoms with Crippen LogP contribution in [0, 0.1) is 0 Å². The third-order valence-electron chi connectivity index (χ3n) is 2.82. The second-order valence-corrected chi connectivity index (χ2v) is 3.84. The second-order valence-electron chi connectivity index (χ2n) is 3.84. The molecule has 1 heterocycles. The number of hydrogen-bond acceptors (Lipinski definition) is 3. The van der Waals surface area contributed by atoms with Crippen molar-refractivity contribution >= 4 is 5.97 Å². The summed E-state index contributed by atoms with van der Waals surface area (Å²) >= 11 is 0.